The number of anilines is 1. The smallest absolute Gasteiger partial charge is 0.267 e. The molecule has 2 heterocycles. The number of halogens is 1. The van der Waals surface area contributed by atoms with Crippen molar-refractivity contribution in [2.24, 2.45) is 5.73 Å². The van der Waals surface area contributed by atoms with E-state index in [1.165, 1.54) is 29.5 Å². The first-order valence-electron chi connectivity index (χ1n) is 9.51. The number of nitrogens with one attached hydrogen (secondary N) is 1. The molecular weight excluding hydrogens is 429 g/mol. The number of benzene rings is 2. The van der Waals surface area contributed by atoms with Gasteiger partial charge in [0.05, 0.1) is 33.4 Å². The third-order valence-corrected chi connectivity index (χ3v) is 5.85. The first-order valence-corrected chi connectivity index (χ1v) is 10.3. The van der Waals surface area contributed by atoms with Crippen LogP contribution < -0.4 is 11.1 Å². The molecule has 2 aromatic carbocycles. The van der Waals surface area contributed by atoms with Gasteiger partial charge in [-0.25, -0.2) is 14.4 Å². The van der Waals surface area contributed by atoms with Crippen molar-refractivity contribution in [3.63, 3.8) is 0 Å². The van der Waals surface area contributed by atoms with Crippen LogP contribution in [-0.2, 0) is 6.42 Å². The van der Waals surface area contributed by atoms with E-state index in [0.717, 1.165) is 16.6 Å². The molecule has 0 radical (unpaired) electrons. The molecule has 0 unspecified atom stereocenters. The standard InChI is InChI=1S/C23H16FN5O2S/c1-12-23(32-20(27-12)8-13-2-4-14(11-25)5-3-13)29-22(31)17-10-19(21(26)30)28-18-9-15(24)6-7-16(17)18/h2-7,9-10H,8H2,1H3,(H2,26,30)(H,29,31). The van der Waals surface area contributed by atoms with Gasteiger partial charge < -0.3 is 11.1 Å². The number of nitrogens with two attached hydrogens (primary N) is 1. The fraction of sp³-hybridized carbons (Fsp3) is 0.0870. The normalized spacial score (nSPS) is 10.7. The largest absolute Gasteiger partial charge is 0.364 e. The maximum absolute atomic E-state index is 13.6. The fourth-order valence-electron chi connectivity index (χ4n) is 3.20. The number of amides is 2. The Balaban J connectivity index is 1.62. The van der Waals surface area contributed by atoms with Crippen molar-refractivity contribution in [1.82, 2.24) is 9.97 Å². The summed E-state index contributed by atoms with van der Waals surface area (Å²) < 4.78 is 13.6. The molecule has 7 nitrogen and oxygen atoms in total. The molecule has 0 saturated carbocycles. The van der Waals surface area contributed by atoms with E-state index in [1.807, 2.05) is 12.1 Å². The van der Waals surface area contributed by atoms with Crippen LogP contribution in [-0.4, -0.2) is 21.8 Å². The van der Waals surface area contributed by atoms with Crippen LogP contribution in [0.2, 0.25) is 0 Å². The van der Waals surface area contributed by atoms with E-state index in [2.05, 4.69) is 21.4 Å². The summed E-state index contributed by atoms with van der Waals surface area (Å²) in [5, 5.41) is 13.5. The van der Waals surface area contributed by atoms with Gasteiger partial charge in [0, 0.05) is 17.9 Å². The van der Waals surface area contributed by atoms with Crippen LogP contribution in [0.5, 0.6) is 0 Å². The molecule has 3 N–H and O–H groups in total. The molecule has 158 valence electrons. The summed E-state index contributed by atoms with van der Waals surface area (Å²) in [6.07, 6.45) is 0.552. The highest BCUT2D eigenvalue weighted by Gasteiger charge is 2.18. The van der Waals surface area contributed by atoms with Crippen LogP contribution in [0.3, 0.4) is 0 Å². The maximum Gasteiger partial charge on any atom is 0.267 e. The Labute approximate surface area is 186 Å². The summed E-state index contributed by atoms with van der Waals surface area (Å²) in [6, 6.07) is 14.4. The molecule has 4 rings (SSSR count). The Morgan fingerprint density at radius 3 is 2.59 bits per heavy atom. The monoisotopic (exact) mass is 445 g/mol. The molecule has 0 bridgehead atoms. The van der Waals surface area contributed by atoms with Crippen molar-refractivity contribution in [3.05, 3.63) is 87.4 Å². The van der Waals surface area contributed by atoms with Gasteiger partial charge in [0.25, 0.3) is 11.8 Å². The third-order valence-electron chi connectivity index (χ3n) is 4.78. The summed E-state index contributed by atoms with van der Waals surface area (Å²) in [4.78, 5) is 33.2. The molecule has 9 heteroatoms. The molecule has 0 saturated heterocycles. The van der Waals surface area contributed by atoms with Crippen molar-refractivity contribution < 1.29 is 14.0 Å². The number of hydrogen-bond donors (Lipinski definition) is 2. The lowest BCUT2D eigenvalue weighted by Crippen LogP contribution is -2.17. The minimum Gasteiger partial charge on any atom is -0.364 e. The molecule has 0 atom stereocenters. The van der Waals surface area contributed by atoms with Gasteiger partial charge in [-0.2, -0.15) is 5.26 Å². The van der Waals surface area contributed by atoms with Crippen molar-refractivity contribution >= 4 is 39.1 Å². The van der Waals surface area contributed by atoms with Gasteiger partial charge in [0.15, 0.2) is 0 Å². The Bertz CT molecular complexity index is 1410. The number of nitrogens with zero attached hydrogens (tertiary/aromatic N) is 3. The highest BCUT2D eigenvalue weighted by molar-refractivity contribution is 7.16. The number of aromatic nitrogens is 2. The number of carbonyl (C=O) groups excluding carboxylic acids is 2. The van der Waals surface area contributed by atoms with Gasteiger partial charge in [-0.1, -0.05) is 12.1 Å². The zero-order valence-corrected chi connectivity index (χ0v) is 17.7. The molecule has 4 aromatic rings. The lowest BCUT2D eigenvalue weighted by molar-refractivity contribution is 0.0996. The number of hydrogen-bond acceptors (Lipinski definition) is 6. The van der Waals surface area contributed by atoms with E-state index < -0.39 is 17.6 Å². The van der Waals surface area contributed by atoms with Gasteiger partial charge in [-0.15, -0.1) is 11.3 Å². The van der Waals surface area contributed by atoms with Crippen molar-refractivity contribution in [2.75, 3.05) is 5.32 Å². The van der Waals surface area contributed by atoms with Crippen molar-refractivity contribution in [1.29, 1.82) is 5.26 Å². The van der Waals surface area contributed by atoms with Crippen molar-refractivity contribution in [3.8, 4) is 6.07 Å². The molecule has 32 heavy (non-hydrogen) atoms. The van der Waals surface area contributed by atoms with E-state index in [1.54, 1.807) is 19.1 Å². The lowest BCUT2D eigenvalue weighted by atomic mass is 10.1. The van der Waals surface area contributed by atoms with E-state index >= 15 is 0 Å². The van der Waals surface area contributed by atoms with Crippen LogP contribution >= 0.6 is 11.3 Å². The molecule has 0 fully saturated rings. The number of carbonyl (C=O) groups is 2. The minimum atomic E-state index is -0.816. The predicted octanol–water partition coefficient (Wildman–Crippen LogP) is 3.95. The number of rotatable bonds is 5. The first kappa shape index (κ1) is 21.1. The zero-order chi connectivity index (χ0) is 22.8. The molecule has 0 aliphatic carbocycles. The van der Waals surface area contributed by atoms with Crippen LogP contribution in [0.15, 0.2) is 48.5 Å². The second-order valence-corrected chi connectivity index (χ2v) is 8.13. The van der Waals surface area contributed by atoms with Gasteiger partial charge >= 0.3 is 0 Å². The number of pyridine rings is 1. The van der Waals surface area contributed by atoms with E-state index in [9.17, 15) is 14.0 Å². The number of primary amides is 1. The van der Waals surface area contributed by atoms with Gasteiger partial charge in [0.2, 0.25) is 0 Å². The molecule has 0 aliphatic heterocycles. The molecule has 0 spiro atoms. The van der Waals surface area contributed by atoms with Crippen LogP contribution in [0.1, 0.15) is 42.7 Å². The Morgan fingerprint density at radius 2 is 1.91 bits per heavy atom. The molecular formula is C23H16FN5O2S. The number of aryl methyl sites for hydroxylation is 1. The van der Waals surface area contributed by atoms with Gasteiger partial charge in [-0.05, 0) is 42.8 Å². The molecule has 2 amide bonds. The lowest BCUT2D eigenvalue weighted by Gasteiger charge is -2.09. The first-order chi connectivity index (χ1) is 15.3. The van der Waals surface area contributed by atoms with E-state index in [0.29, 0.717) is 28.1 Å². The number of thiazole rings is 1. The maximum atomic E-state index is 13.6. The quantitative estimate of drug-likeness (QED) is 0.482. The third kappa shape index (κ3) is 4.31. The second-order valence-electron chi connectivity index (χ2n) is 7.04. The van der Waals surface area contributed by atoms with Gasteiger partial charge in [0.1, 0.15) is 16.5 Å². The van der Waals surface area contributed by atoms with Crippen molar-refractivity contribution in [2.45, 2.75) is 13.3 Å². The second kappa shape index (κ2) is 8.53. The predicted molar refractivity (Wildman–Crippen MR) is 119 cm³/mol. The summed E-state index contributed by atoms with van der Waals surface area (Å²) in [5.41, 5.74) is 7.74. The highest BCUT2D eigenvalue weighted by atomic mass is 32.1. The Hall–Kier alpha value is -4.16. The summed E-state index contributed by atoms with van der Waals surface area (Å²) >= 11 is 1.33. The highest BCUT2D eigenvalue weighted by Crippen LogP contribution is 2.28. The average Bonchev–Trinajstić information content (AvgIpc) is 3.11. The topological polar surface area (TPSA) is 122 Å². The van der Waals surface area contributed by atoms with Crippen LogP contribution in [0, 0.1) is 24.1 Å². The van der Waals surface area contributed by atoms with Crippen LogP contribution in [0.4, 0.5) is 9.39 Å². The number of nitriles is 1. The fourth-order valence-corrected chi connectivity index (χ4v) is 4.20. The summed E-state index contributed by atoms with van der Waals surface area (Å²) in [5.74, 6) is -1.84. The van der Waals surface area contributed by atoms with Gasteiger partial charge in [-0.3, -0.25) is 9.59 Å². The zero-order valence-electron chi connectivity index (χ0n) is 16.8. The van der Waals surface area contributed by atoms with Crippen LogP contribution in [0.25, 0.3) is 10.9 Å². The number of fused-ring (bicyclic) bond motifs is 1. The van der Waals surface area contributed by atoms with E-state index in [4.69, 9.17) is 11.0 Å². The average molecular weight is 445 g/mol. The molecule has 2 aromatic heterocycles. The Kier molecular flexibility index (Phi) is 5.62. The summed E-state index contributed by atoms with van der Waals surface area (Å²) in [6.45, 7) is 1.78. The molecule has 0 aliphatic rings. The van der Waals surface area contributed by atoms with E-state index in [-0.39, 0.29) is 16.8 Å². The summed E-state index contributed by atoms with van der Waals surface area (Å²) in [7, 11) is 0. The Morgan fingerprint density at radius 1 is 1.16 bits per heavy atom. The SMILES string of the molecule is Cc1nc(Cc2ccc(C#N)cc2)sc1NC(=O)c1cc(C(N)=O)nc2cc(F)ccc12. The minimum absolute atomic E-state index is 0.129.